The van der Waals surface area contributed by atoms with Crippen molar-refractivity contribution in [1.82, 2.24) is 0 Å². The molecule has 0 bridgehead atoms. The van der Waals surface area contributed by atoms with Crippen molar-refractivity contribution in [2.24, 2.45) is 0 Å². The molecular weight excluding hydrogens is 364 g/mol. The van der Waals surface area contributed by atoms with Crippen LogP contribution in [0.15, 0.2) is 54.6 Å². The van der Waals surface area contributed by atoms with Crippen LogP contribution >= 0.6 is 0 Å². The predicted molar refractivity (Wildman–Crippen MR) is 116 cm³/mol. The van der Waals surface area contributed by atoms with Crippen LogP contribution in [0, 0.1) is 6.92 Å². The van der Waals surface area contributed by atoms with Gasteiger partial charge in [0, 0.05) is 12.0 Å². The lowest BCUT2D eigenvalue weighted by Crippen LogP contribution is -2.11. The molecule has 0 radical (unpaired) electrons. The zero-order valence-corrected chi connectivity index (χ0v) is 17.3. The van der Waals surface area contributed by atoms with Gasteiger partial charge in [-0.15, -0.1) is 0 Å². The average molecular weight is 392 g/mol. The van der Waals surface area contributed by atoms with Crippen LogP contribution in [-0.2, 0) is 11.2 Å². The Morgan fingerprint density at radius 1 is 1.00 bits per heavy atom. The highest BCUT2D eigenvalue weighted by Crippen LogP contribution is 2.29. The third-order valence-electron chi connectivity index (χ3n) is 5.06. The first kappa shape index (κ1) is 20.7. The Balaban J connectivity index is 1.66. The first-order valence-electron chi connectivity index (χ1n) is 10.0. The maximum Gasteiger partial charge on any atom is 0.303 e. The lowest BCUT2D eigenvalue weighted by atomic mass is 9.98. The van der Waals surface area contributed by atoms with Crippen molar-refractivity contribution in [3.05, 3.63) is 71.3 Å². The molecule has 0 aliphatic rings. The van der Waals surface area contributed by atoms with Gasteiger partial charge >= 0.3 is 5.97 Å². The van der Waals surface area contributed by atoms with Crippen molar-refractivity contribution in [2.45, 2.75) is 39.5 Å². The summed E-state index contributed by atoms with van der Waals surface area (Å²) in [7, 11) is 0. The molecule has 0 saturated heterocycles. The van der Waals surface area contributed by atoms with Gasteiger partial charge in [-0.2, -0.15) is 0 Å². The van der Waals surface area contributed by atoms with E-state index >= 15 is 0 Å². The summed E-state index contributed by atoms with van der Waals surface area (Å²) >= 11 is 0. The smallest absolute Gasteiger partial charge is 0.303 e. The summed E-state index contributed by atoms with van der Waals surface area (Å²) in [5.41, 5.74) is 3.49. The number of benzene rings is 3. The molecule has 1 N–H and O–H groups in total. The summed E-state index contributed by atoms with van der Waals surface area (Å²) in [6, 6.07) is 18.1. The van der Waals surface area contributed by atoms with E-state index in [0.29, 0.717) is 25.6 Å². The van der Waals surface area contributed by atoms with Crippen molar-refractivity contribution >= 4 is 16.7 Å². The van der Waals surface area contributed by atoms with Crippen LogP contribution in [0.25, 0.3) is 10.8 Å². The maximum absolute atomic E-state index is 11.1. The van der Waals surface area contributed by atoms with Gasteiger partial charge < -0.3 is 14.6 Å². The van der Waals surface area contributed by atoms with Crippen molar-refractivity contribution < 1.29 is 19.4 Å². The number of carboxylic acid groups (broad SMARTS) is 1. The van der Waals surface area contributed by atoms with E-state index in [2.05, 4.69) is 32.9 Å². The minimum atomic E-state index is -0.813. The van der Waals surface area contributed by atoms with E-state index in [0.717, 1.165) is 27.8 Å². The van der Waals surface area contributed by atoms with E-state index in [9.17, 15) is 4.79 Å². The van der Waals surface area contributed by atoms with Crippen molar-refractivity contribution in [3.63, 3.8) is 0 Å². The van der Waals surface area contributed by atoms with Gasteiger partial charge in [0.1, 0.15) is 24.7 Å². The highest BCUT2D eigenvalue weighted by Gasteiger charge is 2.11. The van der Waals surface area contributed by atoms with Gasteiger partial charge in [0.2, 0.25) is 0 Å². The molecular formula is C25H28O4. The van der Waals surface area contributed by atoms with E-state index in [1.165, 1.54) is 11.1 Å². The Hall–Kier alpha value is -3.01. The summed E-state index contributed by atoms with van der Waals surface area (Å²) in [6.45, 7) is 7.28. The molecule has 152 valence electrons. The van der Waals surface area contributed by atoms with E-state index < -0.39 is 5.97 Å². The molecule has 0 fully saturated rings. The second-order valence-corrected chi connectivity index (χ2v) is 7.53. The third kappa shape index (κ3) is 5.29. The summed E-state index contributed by atoms with van der Waals surface area (Å²) in [5, 5.41) is 11.2. The van der Waals surface area contributed by atoms with Gasteiger partial charge in [-0.05, 0) is 59.4 Å². The van der Waals surface area contributed by atoms with Crippen LogP contribution in [0.2, 0.25) is 0 Å². The second kappa shape index (κ2) is 9.46. The number of ether oxygens (including phenoxy) is 2. The molecule has 0 aliphatic heterocycles. The number of carboxylic acids is 1. The normalized spacial score (nSPS) is 11.0. The SMILES string of the molecule is Cc1cc(OCCOc2ccc3ccccc3c2CCC(=O)O)ccc1C(C)C. The molecule has 0 spiro atoms. The average Bonchev–Trinajstić information content (AvgIpc) is 2.69. The number of carbonyl (C=O) groups is 1. The maximum atomic E-state index is 11.1. The molecule has 29 heavy (non-hydrogen) atoms. The van der Waals surface area contributed by atoms with Crippen molar-refractivity contribution in [3.8, 4) is 11.5 Å². The molecule has 3 rings (SSSR count). The topological polar surface area (TPSA) is 55.8 Å². The van der Waals surface area contributed by atoms with Gasteiger partial charge in [0.05, 0.1) is 0 Å². The highest BCUT2D eigenvalue weighted by molar-refractivity contribution is 5.88. The number of rotatable bonds is 9. The molecule has 0 amide bonds. The molecule has 4 nitrogen and oxygen atoms in total. The van der Waals surface area contributed by atoms with Gasteiger partial charge in [0.15, 0.2) is 0 Å². The van der Waals surface area contributed by atoms with Crippen LogP contribution in [0.3, 0.4) is 0 Å². The molecule has 0 atom stereocenters. The summed E-state index contributed by atoms with van der Waals surface area (Å²) in [6.07, 6.45) is 0.505. The zero-order valence-electron chi connectivity index (χ0n) is 17.3. The number of aryl methyl sites for hydroxylation is 2. The van der Waals surface area contributed by atoms with Crippen LogP contribution < -0.4 is 9.47 Å². The van der Waals surface area contributed by atoms with Gasteiger partial charge in [0.25, 0.3) is 0 Å². The van der Waals surface area contributed by atoms with Crippen LogP contribution in [0.5, 0.6) is 11.5 Å². The van der Waals surface area contributed by atoms with E-state index in [-0.39, 0.29) is 6.42 Å². The minimum absolute atomic E-state index is 0.0718. The molecule has 0 saturated carbocycles. The van der Waals surface area contributed by atoms with Crippen LogP contribution in [0.4, 0.5) is 0 Å². The fourth-order valence-corrected chi connectivity index (χ4v) is 3.64. The number of fused-ring (bicyclic) bond motifs is 1. The summed E-state index contributed by atoms with van der Waals surface area (Å²) in [4.78, 5) is 11.1. The van der Waals surface area contributed by atoms with Gasteiger partial charge in [-0.3, -0.25) is 4.79 Å². The number of hydrogen-bond donors (Lipinski definition) is 1. The largest absolute Gasteiger partial charge is 0.490 e. The van der Waals surface area contributed by atoms with Gasteiger partial charge in [-0.25, -0.2) is 0 Å². The van der Waals surface area contributed by atoms with Gasteiger partial charge in [-0.1, -0.05) is 50.2 Å². The number of hydrogen-bond acceptors (Lipinski definition) is 3. The molecule has 3 aromatic carbocycles. The van der Waals surface area contributed by atoms with E-state index in [4.69, 9.17) is 14.6 Å². The lowest BCUT2D eigenvalue weighted by Gasteiger charge is -2.15. The Labute approximate surface area is 172 Å². The summed E-state index contributed by atoms with van der Waals surface area (Å²) in [5.74, 6) is 1.23. The molecule has 0 heterocycles. The first-order chi connectivity index (χ1) is 14.0. The third-order valence-corrected chi connectivity index (χ3v) is 5.06. The Morgan fingerprint density at radius 3 is 2.48 bits per heavy atom. The quantitative estimate of drug-likeness (QED) is 0.471. The predicted octanol–water partition coefficient (Wildman–Crippen LogP) is 5.75. The fraction of sp³-hybridized carbons (Fsp3) is 0.320. The molecule has 0 unspecified atom stereocenters. The number of aliphatic carboxylic acids is 1. The fourth-order valence-electron chi connectivity index (χ4n) is 3.64. The Kier molecular flexibility index (Phi) is 6.76. The Bertz CT molecular complexity index is 991. The molecule has 4 heteroatoms. The van der Waals surface area contributed by atoms with E-state index in [1.54, 1.807) is 0 Å². The monoisotopic (exact) mass is 392 g/mol. The van der Waals surface area contributed by atoms with Crippen LogP contribution in [0.1, 0.15) is 42.9 Å². The van der Waals surface area contributed by atoms with Crippen molar-refractivity contribution in [1.29, 1.82) is 0 Å². The second-order valence-electron chi connectivity index (χ2n) is 7.53. The minimum Gasteiger partial charge on any atom is -0.490 e. The Morgan fingerprint density at radius 2 is 1.76 bits per heavy atom. The molecule has 3 aromatic rings. The summed E-state index contributed by atoms with van der Waals surface area (Å²) < 4.78 is 11.8. The zero-order chi connectivity index (χ0) is 20.8. The highest BCUT2D eigenvalue weighted by atomic mass is 16.5. The van der Waals surface area contributed by atoms with E-state index in [1.807, 2.05) is 42.5 Å². The standard InChI is InChI=1S/C25H28O4/c1-17(2)21-10-9-20(16-18(21)3)28-14-15-29-24-12-8-19-6-4-5-7-22(19)23(24)11-13-25(26)27/h4-10,12,16-17H,11,13-15H2,1-3H3,(H,26,27). The van der Waals surface area contributed by atoms with Crippen molar-refractivity contribution in [2.75, 3.05) is 13.2 Å². The lowest BCUT2D eigenvalue weighted by molar-refractivity contribution is -0.136. The van der Waals surface area contributed by atoms with Crippen LogP contribution in [-0.4, -0.2) is 24.3 Å². The first-order valence-corrected chi connectivity index (χ1v) is 10.0. The molecule has 0 aliphatic carbocycles. The molecule has 0 aromatic heterocycles.